The van der Waals surface area contributed by atoms with Crippen LogP contribution in [-0.4, -0.2) is 16.7 Å². The molecular weight excluding hydrogens is 306 g/mol. The Morgan fingerprint density at radius 2 is 2.05 bits per heavy atom. The van der Waals surface area contributed by atoms with E-state index in [1.165, 1.54) is 5.56 Å². The van der Waals surface area contributed by atoms with E-state index in [0.29, 0.717) is 6.54 Å². The van der Waals surface area contributed by atoms with Gasteiger partial charge in [-0.2, -0.15) is 0 Å². The van der Waals surface area contributed by atoms with Crippen molar-refractivity contribution in [3.05, 3.63) is 33.7 Å². The first kappa shape index (κ1) is 14.1. The van der Waals surface area contributed by atoms with E-state index in [9.17, 15) is 0 Å². The van der Waals surface area contributed by atoms with Gasteiger partial charge in [-0.1, -0.05) is 6.07 Å². The van der Waals surface area contributed by atoms with Crippen molar-refractivity contribution in [1.82, 2.24) is 9.55 Å². The molecule has 1 aromatic carbocycles. The summed E-state index contributed by atoms with van der Waals surface area (Å²) in [5.74, 6) is 1.67. The molecule has 2 N–H and O–H groups in total. The third-order valence-electron chi connectivity index (χ3n) is 3.20. The van der Waals surface area contributed by atoms with Crippen LogP contribution < -0.4 is 10.5 Å². The molecule has 0 bridgehead atoms. The van der Waals surface area contributed by atoms with Crippen LogP contribution in [-0.2, 0) is 13.6 Å². The molecular formula is C14H18BrN3O. The number of hydrogen-bond donors (Lipinski definition) is 1. The SMILES string of the molecule is COc1cc(C)cc(C)c1-c1nc(CN)n(C)c1Br. The molecule has 0 atom stereocenters. The predicted octanol–water partition coefficient (Wildman–Crippen LogP) is 2.93. The number of nitrogens with zero attached hydrogens (tertiary/aromatic N) is 2. The average Bonchev–Trinajstić information content (AvgIpc) is 2.65. The third kappa shape index (κ3) is 2.40. The zero-order valence-electron chi connectivity index (χ0n) is 11.6. The van der Waals surface area contributed by atoms with Crippen molar-refractivity contribution in [2.75, 3.05) is 7.11 Å². The average molecular weight is 324 g/mol. The van der Waals surface area contributed by atoms with E-state index < -0.39 is 0 Å². The van der Waals surface area contributed by atoms with E-state index in [2.05, 4.69) is 40.8 Å². The Labute approximate surface area is 121 Å². The second-order valence-corrected chi connectivity index (χ2v) is 5.34. The van der Waals surface area contributed by atoms with Gasteiger partial charge < -0.3 is 15.0 Å². The van der Waals surface area contributed by atoms with E-state index in [0.717, 1.165) is 33.0 Å². The number of hydrogen-bond acceptors (Lipinski definition) is 3. The number of aryl methyl sites for hydroxylation is 2. The lowest BCUT2D eigenvalue weighted by Gasteiger charge is -2.11. The molecule has 4 nitrogen and oxygen atoms in total. The fourth-order valence-electron chi connectivity index (χ4n) is 2.26. The molecule has 0 aliphatic rings. The molecule has 19 heavy (non-hydrogen) atoms. The Balaban J connectivity index is 2.71. The Kier molecular flexibility index (Phi) is 3.96. The van der Waals surface area contributed by atoms with Crippen molar-refractivity contribution < 1.29 is 4.74 Å². The number of nitrogens with two attached hydrogens (primary N) is 1. The fourth-order valence-corrected chi connectivity index (χ4v) is 2.75. The number of halogens is 1. The lowest BCUT2D eigenvalue weighted by molar-refractivity contribution is 0.415. The van der Waals surface area contributed by atoms with Crippen LogP contribution in [0.15, 0.2) is 16.7 Å². The maximum atomic E-state index is 5.71. The highest BCUT2D eigenvalue weighted by Gasteiger charge is 2.19. The maximum Gasteiger partial charge on any atom is 0.128 e. The zero-order chi connectivity index (χ0) is 14.2. The fraction of sp³-hybridized carbons (Fsp3) is 0.357. The van der Waals surface area contributed by atoms with Gasteiger partial charge in [-0.3, -0.25) is 0 Å². The Hall–Kier alpha value is -1.33. The van der Waals surface area contributed by atoms with Crippen LogP contribution in [0.3, 0.4) is 0 Å². The maximum absolute atomic E-state index is 5.71. The van der Waals surface area contributed by atoms with Crippen LogP contribution in [0.4, 0.5) is 0 Å². The van der Waals surface area contributed by atoms with Crippen LogP contribution in [0.2, 0.25) is 0 Å². The highest BCUT2D eigenvalue weighted by atomic mass is 79.9. The van der Waals surface area contributed by atoms with Gasteiger partial charge in [-0.15, -0.1) is 0 Å². The van der Waals surface area contributed by atoms with Crippen LogP contribution in [0.5, 0.6) is 5.75 Å². The molecule has 0 unspecified atom stereocenters. The third-order valence-corrected chi connectivity index (χ3v) is 4.11. The highest BCUT2D eigenvalue weighted by Crippen LogP contribution is 2.37. The second kappa shape index (κ2) is 5.35. The second-order valence-electron chi connectivity index (χ2n) is 4.59. The molecule has 0 spiro atoms. The number of benzene rings is 1. The molecule has 0 aliphatic heterocycles. The van der Waals surface area contributed by atoms with Gasteiger partial charge in [-0.05, 0) is 47.0 Å². The summed E-state index contributed by atoms with van der Waals surface area (Å²) in [5.41, 5.74) is 9.90. The quantitative estimate of drug-likeness (QED) is 0.944. The molecule has 1 aromatic heterocycles. The minimum Gasteiger partial charge on any atom is -0.496 e. The van der Waals surface area contributed by atoms with E-state index in [1.807, 2.05) is 17.7 Å². The van der Waals surface area contributed by atoms with Gasteiger partial charge in [0, 0.05) is 12.6 Å². The van der Waals surface area contributed by atoms with Crippen molar-refractivity contribution in [3.8, 4) is 17.0 Å². The van der Waals surface area contributed by atoms with Crippen molar-refractivity contribution in [3.63, 3.8) is 0 Å². The van der Waals surface area contributed by atoms with Gasteiger partial charge in [0.2, 0.25) is 0 Å². The van der Waals surface area contributed by atoms with Gasteiger partial charge in [0.05, 0.1) is 13.7 Å². The van der Waals surface area contributed by atoms with E-state index in [4.69, 9.17) is 10.5 Å². The molecule has 102 valence electrons. The molecule has 0 saturated heterocycles. The first-order valence-corrected chi connectivity index (χ1v) is 6.85. The molecule has 2 rings (SSSR count). The number of aromatic nitrogens is 2. The van der Waals surface area contributed by atoms with Crippen molar-refractivity contribution in [2.45, 2.75) is 20.4 Å². The van der Waals surface area contributed by atoms with Crippen LogP contribution in [0.25, 0.3) is 11.3 Å². The van der Waals surface area contributed by atoms with Crippen LogP contribution in [0.1, 0.15) is 17.0 Å². The first-order valence-electron chi connectivity index (χ1n) is 6.06. The molecule has 0 amide bonds. The van der Waals surface area contributed by atoms with Crippen molar-refractivity contribution in [2.24, 2.45) is 12.8 Å². The largest absolute Gasteiger partial charge is 0.496 e. The smallest absolute Gasteiger partial charge is 0.128 e. The lowest BCUT2D eigenvalue weighted by atomic mass is 10.0. The standard InChI is InChI=1S/C14H18BrN3O/c1-8-5-9(2)12(10(6-8)19-4)13-14(15)18(3)11(7-16)17-13/h5-6H,7,16H2,1-4H3. The van der Waals surface area contributed by atoms with Crippen molar-refractivity contribution >= 4 is 15.9 Å². The monoisotopic (exact) mass is 323 g/mol. The number of rotatable bonds is 3. The first-order chi connectivity index (χ1) is 8.99. The van der Waals surface area contributed by atoms with Gasteiger partial charge in [0.15, 0.2) is 0 Å². The molecule has 1 heterocycles. The predicted molar refractivity (Wildman–Crippen MR) is 80.3 cm³/mol. The number of ether oxygens (including phenoxy) is 1. The summed E-state index contributed by atoms with van der Waals surface area (Å²) in [5, 5.41) is 0. The van der Waals surface area contributed by atoms with E-state index in [-0.39, 0.29) is 0 Å². The van der Waals surface area contributed by atoms with Gasteiger partial charge >= 0.3 is 0 Å². The summed E-state index contributed by atoms with van der Waals surface area (Å²) in [7, 11) is 3.62. The number of imidazole rings is 1. The molecule has 0 aliphatic carbocycles. The summed E-state index contributed by atoms with van der Waals surface area (Å²) < 4.78 is 8.37. The molecule has 0 radical (unpaired) electrons. The summed E-state index contributed by atoms with van der Waals surface area (Å²) in [6, 6.07) is 4.15. The summed E-state index contributed by atoms with van der Waals surface area (Å²) in [6.07, 6.45) is 0. The highest BCUT2D eigenvalue weighted by molar-refractivity contribution is 9.10. The van der Waals surface area contributed by atoms with E-state index >= 15 is 0 Å². The normalized spacial score (nSPS) is 10.8. The summed E-state index contributed by atoms with van der Waals surface area (Å²) in [6.45, 7) is 4.52. The topological polar surface area (TPSA) is 53.1 Å². The van der Waals surface area contributed by atoms with Crippen molar-refractivity contribution in [1.29, 1.82) is 0 Å². The molecule has 2 aromatic rings. The summed E-state index contributed by atoms with van der Waals surface area (Å²) in [4.78, 5) is 4.61. The van der Waals surface area contributed by atoms with Gasteiger partial charge in [0.25, 0.3) is 0 Å². The van der Waals surface area contributed by atoms with E-state index in [1.54, 1.807) is 7.11 Å². The minimum atomic E-state index is 0.405. The molecule has 5 heteroatoms. The Bertz CT molecular complexity index is 620. The minimum absolute atomic E-state index is 0.405. The van der Waals surface area contributed by atoms with Crippen LogP contribution in [0, 0.1) is 13.8 Å². The lowest BCUT2D eigenvalue weighted by Crippen LogP contribution is -2.04. The molecule has 0 fully saturated rings. The summed E-state index contributed by atoms with van der Waals surface area (Å²) >= 11 is 3.58. The number of methoxy groups -OCH3 is 1. The van der Waals surface area contributed by atoms with Crippen LogP contribution >= 0.6 is 15.9 Å². The zero-order valence-corrected chi connectivity index (χ0v) is 13.2. The van der Waals surface area contributed by atoms with Gasteiger partial charge in [-0.25, -0.2) is 4.98 Å². The Morgan fingerprint density at radius 3 is 2.58 bits per heavy atom. The van der Waals surface area contributed by atoms with Gasteiger partial charge in [0.1, 0.15) is 21.9 Å². The Morgan fingerprint density at radius 1 is 1.37 bits per heavy atom. The molecule has 0 saturated carbocycles.